The van der Waals surface area contributed by atoms with Gasteiger partial charge in [-0.1, -0.05) is 36.4 Å². The molecule has 1 aliphatic carbocycles. The summed E-state index contributed by atoms with van der Waals surface area (Å²) < 4.78 is 27.4. The molecule has 192 valence electrons. The first kappa shape index (κ1) is 24.2. The molecule has 0 spiro atoms. The molecule has 2 aliphatic rings. The van der Waals surface area contributed by atoms with Gasteiger partial charge in [0.2, 0.25) is 0 Å². The number of pyridine rings is 1. The predicted molar refractivity (Wildman–Crippen MR) is 143 cm³/mol. The highest BCUT2D eigenvalue weighted by Gasteiger charge is 2.32. The van der Waals surface area contributed by atoms with Crippen molar-refractivity contribution in [1.29, 1.82) is 0 Å². The molecule has 4 aromatic rings. The van der Waals surface area contributed by atoms with Crippen LogP contribution in [0.1, 0.15) is 52.7 Å². The van der Waals surface area contributed by atoms with E-state index in [0.717, 1.165) is 44.6 Å². The van der Waals surface area contributed by atoms with Crippen molar-refractivity contribution in [1.82, 2.24) is 4.98 Å². The van der Waals surface area contributed by atoms with Crippen molar-refractivity contribution in [3.63, 3.8) is 0 Å². The number of aliphatic carboxylic acids is 1. The van der Waals surface area contributed by atoms with Gasteiger partial charge < -0.3 is 14.6 Å². The molecule has 0 saturated heterocycles. The number of aryl methyl sites for hydroxylation is 2. The van der Waals surface area contributed by atoms with Gasteiger partial charge in [0, 0.05) is 40.4 Å². The van der Waals surface area contributed by atoms with Crippen LogP contribution >= 0.6 is 0 Å². The van der Waals surface area contributed by atoms with Crippen molar-refractivity contribution in [3.05, 3.63) is 100 Å². The van der Waals surface area contributed by atoms with Crippen LogP contribution in [0.4, 0.5) is 4.39 Å². The summed E-state index contributed by atoms with van der Waals surface area (Å²) >= 11 is 0. The Bertz CT molecular complexity index is 1540. The van der Waals surface area contributed by atoms with E-state index in [1.807, 2.05) is 30.3 Å². The lowest BCUT2D eigenvalue weighted by molar-refractivity contribution is -0.137. The van der Waals surface area contributed by atoms with Gasteiger partial charge >= 0.3 is 5.97 Å². The molecule has 0 fully saturated rings. The van der Waals surface area contributed by atoms with Crippen molar-refractivity contribution in [2.75, 3.05) is 6.61 Å². The molecule has 0 radical (unpaired) electrons. The minimum atomic E-state index is -0.852. The quantitative estimate of drug-likeness (QED) is 0.298. The van der Waals surface area contributed by atoms with Gasteiger partial charge in [-0.2, -0.15) is 0 Å². The summed E-state index contributed by atoms with van der Waals surface area (Å²) in [5.74, 6) is -0.0817. The highest BCUT2D eigenvalue weighted by Crippen LogP contribution is 2.45. The lowest BCUT2D eigenvalue weighted by Crippen LogP contribution is -2.07. The minimum Gasteiger partial charge on any atom is -0.492 e. The van der Waals surface area contributed by atoms with E-state index in [1.165, 1.54) is 6.07 Å². The summed E-state index contributed by atoms with van der Waals surface area (Å²) in [6, 6.07) is 19.1. The number of carboxylic acid groups (broad SMARTS) is 1. The monoisotopic (exact) mass is 509 g/mol. The Hall–Kier alpha value is -4.19. The number of ether oxygens (including phenoxy) is 2. The number of carbonyl (C=O) groups is 1. The first-order valence-electron chi connectivity index (χ1n) is 12.9. The smallest absolute Gasteiger partial charge is 0.304 e. The van der Waals surface area contributed by atoms with E-state index >= 15 is 4.39 Å². The number of aromatic nitrogens is 1. The fourth-order valence-electron chi connectivity index (χ4n) is 5.93. The molecule has 0 amide bonds. The highest BCUT2D eigenvalue weighted by atomic mass is 19.1. The van der Waals surface area contributed by atoms with Crippen molar-refractivity contribution >= 4 is 5.97 Å². The molecule has 1 aliphatic heterocycles. The zero-order valence-electron chi connectivity index (χ0n) is 21.3. The molecule has 0 bridgehead atoms. The number of nitrogens with zero attached hydrogens (tertiary/aromatic N) is 1. The van der Waals surface area contributed by atoms with E-state index in [2.05, 4.69) is 32.0 Å². The second-order valence-electron chi connectivity index (χ2n) is 10.1. The lowest BCUT2D eigenvalue weighted by atomic mass is 9.90. The van der Waals surface area contributed by atoms with Crippen molar-refractivity contribution in [2.24, 2.45) is 0 Å². The summed E-state index contributed by atoms with van der Waals surface area (Å²) in [6.07, 6.45) is 2.74. The normalized spacial score (nSPS) is 17.6. The van der Waals surface area contributed by atoms with Crippen molar-refractivity contribution in [2.45, 2.75) is 45.1 Å². The van der Waals surface area contributed by atoms with E-state index < -0.39 is 12.1 Å². The number of rotatable bonds is 6. The second-order valence-corrected chi connectivity index (χ2v) is 10.1. The third-order valence-electron chi connectivity index (χ3n) is 7.66. The molecule has 38 heavy (non-hydrogen) atoms. The number of benzene rings is 3. The van der Waals surface area contributed by atoms with Crippen LogP contribution in [0.5, 0.6) is 11.5 Å². The first-order chi connectivity index (χ1) is 18.4. The number of halogens is 1. The number of hydrogen-bond acceptors (Lipinski definition) is 4. The van der Waals surface area contributed by atoms with Crippen LogP contribution in [-0.4, -0.2) is 22.7 Å². The average molecular weight is 510 g/mol. The molecule has 2 atom stereocenters. The Morgan fingerprint density at radius 2 is 1.89 bits per heavy atom. The molecule has 2 unspecified atom stereocenters. The first-order valence-corrected chi connectivity index (χ1v) is 12.9. The maximum Gasteiger partial charge on any atom is 0.304 e. The predicted octanol–water partition coefficient (Wildman–Crippen LogP) is 7.19. The van der Waals surface area contributed by atoms with Crippen LogP contribution in [0.25, 0.3) is 22.4 Å². The van der Waals surface area contributed by atoms with Crippen LogP contribution in [0.15, 0.2) is 66.9 Å². The van der Waals surface area contributed by atoms with E-state index in [1.54, 1.807) is 12.3 Å². The Kier molecular flexibility index (Phi) is 6.10. The molecule has 6 rings (SSSR count). The van der Waals surface area contributed by atoms with E-state index in [4.69, 9.17) is 19.6 Å². The fourth-order valence-corrected chi connectivity index (χ4v) is 5.93. The maximum absolute atomic E-state index is 15.3. The number of hydrogen-bond donors (Lipinski definition) is 1. The van der Waals surface area contributed by atoms with Gasteiger partial charge in [-0.25, -0.2) is 4.39 Å². The molecule has 1 aromatic heterocycles. The zero-order valence-corrected chi connectivity index (χ0v) is 21.3. The summed E-state index contributed by atoms with van der Waals surface area (Å²) in [5.41, 5.74) is 8.67. The standard InChI is InChI=1S/C32H28FNO4/c1-18-5-3-6-19(2)30(18)32-25(7-4-14-34-32)23-10-12-26(33)31-24(23)11-13-27(31)38-21-8-9-22-20(15-29(35)36)17-37-28(22)16-21/h3-10,12,14,16,20,27H,11,13,15,17H2,1-2H3,(H,35,36). The Morgan fingerprint density at radius 1 is 1.08 bits per heavy atom. The van der Waals surface area contributed by atoms with Gasteiger partial charge in [-0.05, 0) is 67.1 Å². The summed E-state index contributed by atoms with van der Waals surface area (Å²) in [6.45, 7) is 4.51. The molecule has 1 N–H and O–H groups in total. The fraction of sp³-hybridized carbons (Fsp3) is 0.250. The maximum atomic E-state index is 15.3. The zero-order chi connectivity index (χ0) is 26.4. The van der Waals surface area contributed by atoms with Gasteiger partial charge in [0.05, 0.1) is 18.7 Å². The average Bonchev–Trinajstić information content (AvgIpc) is 3.49. The SMILES string of the molecule is Cc1cccc(C)c1-c1ncccc1-c1ccc(F)c2c1CCC2Oc1ccc2c(c1)OCC2CC(=O)O. The third-order valence-corrected chi connectivity index (χ3v) is 7.66. The van der Waals surface area contributed by atoms with E-state index in [9.17, 15) is 4.79 Å². The van der Waals surface area contributed by atoms with Crippen molar-refractivity contribution in [3.8, 4) is 33.9 Å². The summed E-state index contributed by atoms with van der Waals surface area (Å²) in [7, 11) is 0. The second kappa shape index (κ2) is 9.60. The molecular weight excluding hydrogens is 481 g/mol. The minimum absolute atomic E-state index is 0.0234. The topological polar surface area (TPSA) is 68.7 Å². The third kappa shape index (κ3) is 4.20. The van der Waals surface area contributed by atoms with Gasteiger partial charge in [0.25, 0.3) is 0 Å². The van der Waals surface area contributed by atoms with Crippen LogP contribution < -0.4 is 9.47 Å². The van der Waals surface area contributed by atoms with E-state index in [0.29, 0.717) is 36.5 Å². The summed E-state index contributed by atoms with van der Waals surface area (Å²) in [4.78, 5) is 15.9. The molecule has 6 heteroatoms. The summed E-state index contributed by atoms with van der Waals surface area (Å²) in [5, 5.41) is 9.16. The van der Waals surface area contributed by atoms with Crippen LogP contribution in [0.2, 0.25) is 0 Å². The molecular formula is C32H28FNO4. The van der Waals surface area contributed by atoms with Crippen LogP contribution in [-0.2, 0) is 11.2 Å². The number of carboxylic acids is 1. The van der Waals surface area contributed by atoms with Crippen LogP contribution in [0, 0.1) is 19.7 Å². The highest BCUT2D eigenvalue weighted by molar-refractivity contribution is 5.85. The molecule has 2 heterocycles. The number of fused-ring (bicyclic) bond motifs is 2. The Labute approximate surface area is 220 Å². The Morgan fingerprint density at radius 3 is 2.68 bits per heavy atom. The van der Waals surface area contributed by atoms with Crippen molar-refractivity contribution < 1.29 is 23.8 Å². The Balaban J connectivity index is 1.35. The van der Waals surface area contributed by atoms with E-state index in [-0.39, 0.29) is 18.2 Å². The van der Waals surface area contributed by atoms with Crippen LogP contribution in [0.3, 0.4) is 0 Å². The van der Waals surface area contributed by atoms with Gasteiger partial charge in [0.1, 0.15) is 23.4 Å². The molecule has 3 aromatic carbocycles. The lowest BCUT2D eigenvalue weighted by Gasteiger charge is -2.19. The van der Waals surface area contributed by atoms with Gasteiger partial charge in [-0.15, -0.1) is 0 Å². The molecule has 0 saturated carbocycles. The van der Waals surface area contributed by atoms with Gasteiger partial charge in [-0.3, -0.25) is 9.78 Å². The molecule has 5 nitrogen and oxygen atoms in total. The largest absolute Gasteiger partial charge is 0.492 e. The van der Waals surface area contributed by atoms with Gasteiger partial charge in [0.15, 0.2) is 0 Å².